The molecule has 0 saturated heterocycles. The van der Waals surface area contributed by atoms with E-state index in [0.717, 1.165) is 15.6 Å². The molecule has 2 saturated carbocycles. The van der Waals surface area contributed by atoms with Crippen molar-refractivity contribution < 1.29 is 14.3 Å². The summed E-state index contributed by atoms with van der Waals surface area (Å²) in [7, 11) is 0. The number of rotatable bonds is 5. The first-order chi connectivity index (χ1) is 16.3. The van der Waals surface area contributed by atoms with E-state index in [2.05, 4.69) is 27.8 Å². The maximum atomic E-state index is 13.9. The van der Waals surface area contributed by atoms with E-state index in [1.165, 1.54) is 0 Å². The Labute approximate surface area is 211 Å². The third-order valence-electron chi connectivity index (χ3n) is 7.29. The van der Waals surface area contributed by atoms with Gasteiger partial charge in [-0.2, -0.15) is 0 Å². The van der Waals surface area contributed by atoms with E-state index >= 15 is 0 Å². The highest BCUT2D eigenvalue weighted by molar-refractivity contribution is 9.10. The predicted molar refractivity (Wildman–Crippen MR) is 137 cm³/mol. The molecule has 174 valence electrons. The van der Waals surface area contributed by atoms with Gasteiger partial charge in [0, 0.05) is 15.4 Å². The van der Waals surface area contributed by atoms with Crippen LogP contribution in [-0.2, 0) is 9.53 Å². The van der Waals surface area contributed by atoms with Crippen LogP contribution >= 0.6 is 27.5 Å². The minimum atomic E-state index is -0.717. The topological polar surface area (TPSA) is 68.3 Å². The summed E-state index contributed by atoms with van der Waals surface area (Å²) in [5, 5.41) is 4.18. The van der Waals surface area contributed by atoms with Crippen LogP contribution in [0.4, 0.5) is 0 Å². The lowest BCUT2D eigenvalue weighted by atomic mass is 9.83. The van der Waals surface area contributed by atoms with Crippen LogP contribution in [0.5, 0.6) is 0 Å². The fraction of sp³-hybridized carbons (Fsp3) is 0.296. The summed E-state index contributed by atoms with van der Waals surface area (Å²) in [6.07, 6.45) is 2.53. The standard InChI is InChI=1S/C27H24BrClN2O3/c1-3-34-25(33)26-11-13-27(14-12-26,16(26)2)31-24(32)21-19-15-18(28)9-10-20(19)30-23(22(21)29)17-7-5-4-6-8-17/h4-10,15H,2-3,11-14H2,1H3,(H,31,32). The van der Waals surface area contributed by atoms with Crippen molar-refractivity contribution in [3.05, 3.63) is 75.7 Å². The van der Waals surface area contributed by atoms with Crippen molar-refractivity contribution >= 4 is 50.3 Å². The van der Waals surface area contributed by atoms with Crippen molar-refractivity contribution in [3.63, 3.8) is 0 Å². The summed E-state index contributed by atoms with van der Waals surface area (Å²) < 4.78 is 6.18. The number of pyridine rings is 1. The molecule has 2 aliphatic rings. The highest BCUT2D eigenvalue weighted by Crippen LogP contribution is 2.60. The SMILES string of the molecule is C=C1C2(NC(=O)c3c(Cl)c(-c4ccccc4)nc4ccc(Br)cc34)CCC1(C(=O)OCC)CC2. The number of benzene rings is 2. The van der Waals surface area contributed by atoms with Crippen LogP contribution in [0.25, 0.3) is 22.2 Å². The van der Waals surface area contributed by atoms with Crippen molar-refractivity contribution in [3.8, 4) is 11.3 Å². The molecule has 0 radical (unpaired) electrons. The molecule has 3 aromatic rings. The van der Waals surface area contributed by atoms with Gasteiger partial charge in [0.25, 0.3) is 5.91 Å². The van der Waals surface area contributed by atoms with Crippen LogP contribution in [0, 0.1) is 5.41 Å². The van der Waals surface area contributed by atoms with Crippen molar-refractivity contribution in [2.75, 3.05) is 6.61 Å². The highest BCUT2D eigenvalue weighted by Gasteiger charge is 2.62. The molecule has 0 spiro atoms. The zero-order valence-corrected chi connectivity index (χ0v) is 21.1. The van der Waals surface area contributed by atoms with Crippen molar-refractivity contribution in [2.24, 2.45) is 5.41 Å². The predicted octanol–water partition coefficient (Wildman–Crippen LogP) is 6.48. The Balaban J connectivity index is 1.58. The lowest BCUT2D eigenvalue weighted by molar-refractivity contribution is -0.152. The number of amides is 1. The quantitative estimate of drug-likeness (QED) is 0.298. The summed E-state index contributed by atoms with van der Waals surface area (Å²) >= 11 is 10.4. The highest BCUT2D eigenvalue weighted by atomic mass is 79.9. The third kappa shape index (κ3) is 3.46. The second-order valence-corrected chi connectivity index (χ2v) is 10.3. The number of esters is 1. The summed E-state index contributed by atoms with van der Waals surface area (Å²) in [4.78, 5) is 31.4. The zero-order valence-electron chi connectivity index (χ0n) is 18.8. The number of carbonyl (C=O) groups is 2. The van der Waals surface area contributed by atoms with E-state index in [0.29, 0.717) is 59.5 Å². The van der Waals surface area contributed by atoms with Gasteiger partial charge in [-0.25, -0.2) is 4.98 Å². The van der Waals surface area contributed by atoms with Crippen LogP contribution in [0.1, 0.15) is 43.0 Å². The lowest BCUT2D eigenvalue weighted by Gasteiger charge is -2.29. The second kappa shape index (κ2) is 8.51. The summed E-state index contributed by atoms with van der Waals surface area (Å²) in [6.45, 7) is 6.39. The molecule has 0 atom stereocenters. The van der Waals surface area contributed by atoms with Gasteiger partial charge in [-0.05, 0) is 56.4 Å². The van der Waals surface area contributed by atoms with Gasteiger partial charge in [-0.1, -0.05) is 64.4 Å². The number of hydrogen-bond donors (Lipinski definition) is 1. The van der Waals surface area contributed by atoms with E-state index in [9.17, 15) is 9.59 Å². The van der Waals surface area contributed by atoms with Gasteiger partial charge >= 0.3 is 5.97 Å². The third-order valence-corrected chi connectivity index (χ3v) is 8.15. The Morgan fingerprint density at radius 3 is 2.53 bits per heavy atom. The van der Waals surface area contributed by atoms with E-state index < -0.39 is 11.0 Å². The number of hydrogen-bond acceptors (Lipinski definition) is 4. The molecule has 0 aliphatic heterocycles. The zero-order chi connectivity index (χ0) is 24.1. The van der Waals surface area contributed by atoms with E-state index in [1.54, 1.807) is 6.92 Å². The van der Waals surface area contributed by atoms with Crippen LogP contribution in [0.2, 0.25) is 5.02 Å². The summed E-state index contributed by atoms with van der Waals surface area (Å²) in [6, 6.07) is 15.2. The molecular weight excluding hydrogens is 516 g/mol. The number of ether oxygens (including phenoxy) is 1. The van der Waals surface area contributed by atoms with Crippen LogP contribution in [0.3, 0.4) is 0 Å². The average molecular weight is 540 g/mol. The number of nitrogens with zero attached hydrogens (tertiary/aromatic N) is 1. The fourth-order valence-corrected chi connectivity index (χ4v) is 6.16. The maximum absolute atomic E-state index is 13.9. The lowest BCUT2D eigenvalue weighted by Crippen LogP contribution is -2.46. The van der Waals surface area contributed by atoms with Crippen molar-refractivity contribution in [1.82, 2.24) is 10.3 Å². The smallest absolute Gasteiger partial charge is 0.316 e. The summed E-state index contributed by atoms with van der Waals surface area (Å²) in [5.74, 6) is -0.535. The molecule has 1 aromatic heterocycles. The molecule has 34 heavy (non-hydrogen) atoms. The number of carbonyl (C=O) groups excluding carboxylic acids is 2. The van der Waals surface area contributed by atoms with E-state index in [-0.39, 0.29) is 11.9 Å². The van der Waals surface area contributed by atoms with Gasteiger partial charge in [0.2, 0.25) is 0 Å². The first-order valence-electron chi connectivity index (χ1n) is 11.3. The Morgan fingerprint density at radius 2 is 1.85 bits per heavy atom. The van der Waals surface area contributed by atoms with Crippen LogP contribution in [-0.4, -0.2) is 29.0 Å². The van der Waals surface area contributed by atoms with Gasteiger partial charge in [0.05, 0.1) is 39.4 Å². The first-order valence-corrected chi connectivity index (χ1v) is 12.5. The Morgan fingerprint density at radius 1 is 1.15 bits per heavy atom. The molecule has 1 heterocycles. The Bertz CT molecular complexity index is 1330. The molecule has 7 heteroatoms. The maximum Gasteiger partial charge on any atom is 0.316 e. The van der Waals surface area contributed by atoms with E-state index in [4.69, 9.17) is 21.3 Å². The number of nitrogens with one attached hydrogen (secondary N) is 1. The molecule has 2 aliphatic carbocycles. The monoisotopic (exact) mass is 538 g/mol. The number of fused-ring (bicyclic) bond motifs is 3. The Hall–Kier alpha value is -2.70. The summed E-state index contributed by atoms with van der Waals surface area (Å²) in [5.41, 5.74) is 1.80. The molecule has 2 fully saturated rings. The molecular formula is C27H24BrClN2O3. The second-order valence-electron chi connectivity index (χ2n) is 8.99. The van der Waals surface area contributed by atoms with Gasteiger partial charge in [0.15, 0.2) is 0 Å². The molecule has 2 aromatic carbocycles. The molecule has 1 amide bonds. The van der Waals surface area contributed by atoms with Gasteiger partial charge in [-0.15, -0.1) is 0 Å². The van der Waals surface area contributed by atoms with Gasteiger partial charge in [0.1, 0.15) is 0 Å². The van der Waals surface area contributed by atoms with Crippen LogP contribution < -0.4 is 5.32 Å². The molecule has 5 rings (SSSR count). The number of halogens is 2. The molecule has 5 nitrogen and oxygen atoms in total. The molecule has 1 N–H and O–H groups in total. The van der Waals surface area contributed by atoms with Gasteiger partial charge < -0.3 is 10.1 Å². The van der Waals surface area contributed by atoms with Crippen molar-refractivity contribution in [2.45, 2.75) is 38.1 Å². The fourth-order valence-electron chi connectivity index (χ4n) is 5.46. The van der Waals surface area contributed by atoms with Crippen LogP contribution in [0.15, 0.2) is 65.2 Å². The van der Waals surface area contributed by atoms with Gasteiger partial charge in [-0.3, -0.25) is 9.59 Å². The minimum Gasteiger partial charge on any atom is -0.465 e. The first kappa shape index (κ1) is 23.1. The molecule has 0 unspecified atom stereocenters. The average Bonchev–Trinajstić information content (AvgIpc) is 3.26. The molecule has 2 bridgehead atoms. The number of aromatic nitrogens is 1. The van der Waals surface area contributed by atoms with E-state index in [1.807, 2.05) is 48.5 Å². The minimum absolute atomic E-state index is 0.240. The van der Waals surface area contributed by atoms with Crippen molar-refractivity contribution in [1.29, 1.82) is 0 Å². The largest absolute Gasteiger partial charge is 0.465 e. The Kier molecular flexibility index (Phi) is 5.77. The normalized spacial score (nSPS) is 23.3.